The molecule has 0 bridgehead atoms. The number of amides is 1. The quantitative estimate of drug-likeness (QED) is 0.114. The minimum Gasteiger partial charge on any atom is -0.322 e. The predicted octanol–water partition coefficient (Wildman–Crippen LogP) is 12.5. The van der Waals surface area contributed by atoms with Crippen LogP contribution in [0.4, 0.5) is 11.4 Å². The van der Waals surface area contributed by atoms with Crippen LogP contribution < -0.4 is 10.0 Å². The number of carbonyl (C=O) groups excluding carboxylic acids is 1. The predicted molar refractivity (Wildman–Crippen MR) is 255 cm³/mol. The molecule has 9 rings (SSSR count). The molecule has 0 aliphatic heterocycles. The number of hydrogen-bond acceptors (Lipinski definition) is 3. The summed E-state index contributed by atoms with van der Waals surface area (Å²) < 4.78 is 30.6. The molecule has 9 aromatic rings. The number of sulfonamides is 1. The van der Waals surface area contributed by atoms with Crippen LogP contribution in [-0.4, -0.2) is 14.3 Å². The van der Waals surface area contributed by atoms with Gasteiger partial charge in [0.25, 0.3) is 15.9 Å². The maximum atomic E-state index is 13.9. The highest BCUT2D eigenvalue weighted by Gasteiger charge is 2.39. The van der Waals surface area contributed by atoms with Crippen molar-refractivity contribution in [3.8, 4) is 0 Å². The van der Waals surface area contributed by atoms with Crippen molar-refractivity contribution in [1.29, 1.82) is 0 Å². The van der Waals surface area contributed by atoms with E-state index in [0.717, 1.165) is 44.5 Å². The van der Waals surface area contributed by atoms with Gasteiger partial charge in [-0.3, -0.25) is 9.52 Å². The Morgan fingerprint density at radius 3 is 0.968 bits per heavy atom. The Bertz CT molecular complexity index is 2850. The van der Waals surface area contributed by atoms with Gasteiger partial charge < -0.3 is 5.32 Å². The van der Waals surface area contributed by atoms with Crippen molar-refractivity contribution in [2.75, 3.05) is 10.0 Å². The highest BCUT2D eigenvalue weighted by Crippen LogP contribution is 2.47. The van der Waals surface area contributed by atoms with Gasteiger partial charge >= 0.3 is 0 Å². The van der Waals surface area contributed by atoms with E-state index < -0.39 is 26.8 Å². The lowest BCUT2D eigenvalue weighted by Gasteiger charge is -2.37. The largest absolute Gasteiger partial charge is 0.322 e. The Balaban J connectivity index is 0.979. The van der Waals surface area contributed by atoms with Crippen LogP contribution in [0.3, 0.4) is 0 Å². The summed E-state index contributed by atoms with van der Waals surface area (Å²) in [6, 6.07) is 83.8. The fourth-order valence-electron chi connectivity index (χ4n) is 8.94. The smallest absolute Gasteiger partial charge is 0.261 e. The summed E-state index contributed by atoms with van der Waals surface area (Å²) in [6.07, 6.45) is 0. The number of anilines is 2. The van der Waals surface area contributed by atoms with Crippen LogP contribution in [0.1, 0.15) is 54.9 Å². The molecule has 0 aromatic heterocycles. The van der Waals surface area contributed by atoms with Crippen LogP contribution in [0.2, 0.25) is 0 Å². The van der Waals surface area contributed by atoms with E-state index >= 15 is 0 Å². The van der Waals surface area contributed by atoms with E-state index in [4.69, 9.17) is 0 Å². The topological polar surface area (TPSA) is 75.3 Å². The molecule has 0 radical (unpaired) electrons. The zero-order valence-corrected chi connectivity index (χ0v) is 35.2. The van der Waals surface area contributed by atoms with Crippen LogP contribution in [0.5, 0.6) is 0 Å². The van der Waals surface area contributed by atoms with Gasteiger partial charge in [0.05, 0.1) is 15.7 Å². The summed E-state index contributed by atoms with van der Waals surface area (Å²) in [5, 5.41) is 2.99. The molecular weight excluding hydrogens is 793 g/mol. The number of benzene rings is 9. The van der Waals surface area contributed by atoms with Crippen molar-refractivity contribution >= 4 is 27.3 Å². The van der Waals surface area contributed by atoms with Crippen molar-refractivity contribution < 1.29 is 13.2 Å². The van der Waals surface area contributed by atoms with Crippen LogP contribution in [0.25, 0.3) is 0 Å². The molecule has 0 unspecified atom stereocenters. The zero-order valence-electron chi connectivity index (χ0n) is 34.4. The second-order valence-electron chi connectivity index (χ2n) is 15.4. The van der Waals surface area contributed by atoms with Gasteiger partial charge in [-0.2, -0.15) is 0 Å². The molecule has 63 heavy (non-hydrogen) atoms. The molecule has 2 N–H and O–H groups in total. The van der Waals surface area contributed by atoms with Gasteiger partial charge in [0.1, 0.15) is 0 Å². The molecule has 1 amide bonds. The summed E-state index contributed by atoms with van der Waals surface area (Å²) >= 11 is 0. The van der Waals surface area contributed by atoms with Gasteiger partial charge in [-0.25, -0.2) is 8.42 Å². The van der Waals surface area contributed by atoms with Crippen molar-refractivity contribution in [3.63, 3.8) is 0 Å². The highest BCUT2D eigenvalue weighted by atomic mass is 32.2. The second kappa shape index (κ2) is 17.7. The molecule has 9 aromatic carbocycles. The number of carbonyl (C=O) groups is 1. The molecular formula is C57H44N2O3S. The summed E-state index contributed by atoms with van der Waals surface area (Å²) in [5.41, 5.74) is 8.49. The van der Waals surface area contributed by atoms with Crippen molar-refractivity contribution in [2.24, 2.45) is 0 Å². The first-order chi connectivity index (χ1) is 30.9. The average molecular weight is 837 g/mol. The molecule has 0 fully saturated rings. The summed E-state index contributed by atoms with van der Waals surface area (Å²) in [6.45, 7) is 0. The summed E-state index contributed by atoms with van der Waals surface area (Å²) in [5.74, 6) is -0.427. The number of hydrogen-bond donors (Lipinski definition) is 2. The Morgan fingerprint density at radius 1 is 0.333 bits per heavy atom. The van der Waals surface area contributed by atoms with E-state index in [-0.39, 0.29) is 10.5 Å². The lowest BCUT2D eigenvalue weighted by molar-refractivity contribution is 0.102. The Morgan fingerprint density at radius 2 is 0.635 bits per heavy atom. The van der Waals surface area contributed by atoms with Crippen LogP contribution in [0.15, 0.2) is 260 Å². The van der Waals surface area contributed by atoms with Gasteiger partial charge in [0, 0.05) is 16.9 Å². The standard InChI is InChI=1S/C57H44N2O3S/c60-55(58-52-38-34-50(35-39-52)56(44-21-7-1-8-22-44,45-23-9-2-10-24-45)46-25-11-3-12-26-46)43-20-19-33-54(42-43)63(61,62)59-53-40-36-51(37-41-53)57(47-27-13-4-14-28-47,48-29-15-5-16-30-48)49-31-17-6-18-32-49/h1-42,59H,(H,58,60). The maximum Gasteiger partial charge on any atom is 0.261 e. The molecule has 0 saturated heterocycles. The molecule has 0 atom stereocenters. The minimum atomic E-state index is -4.08. The van der Waals surface area contributed by atoms with E-state index in [1.165, 1.54) is 12.1 Å². The van der Waals surface area contributed by atoms with E-state index in [2.05, 4.69) is 119 Å². The van der Waals surface area contributed by atoms with Gasteiger partial charge in [-0.15, -0.1) is 0 Å². The first kappa shape index (κ1) is 40.6. The van der Waals surface area contributed by atoms with Crippen LogP contribution in [0, 0.1) is 0 Å². The van der Waals surface area contributed by atoms with Gasteiger partial charge in [-0.1, -0.05) is 212 Å². The second-order valence-corrected chi connectivity index (χ2v) is 17.1. The van der Waals surface area contributed by atoms with Crippen molar-refractivity contribution in [1.82, 2.24) is 0 Å². The minimum absolute atomic E-state index is 0.0276. The molecule has 0 saturated carbocycles. The van der Waals surface area contributed by atoms with Crippen molar-refractivity contribution in [2.45, 2.75) is 15.7 Å². The average Bonchev–Trinajstić information content (AvgIpc) is 3.35. The first-order valence-corrected chi connectivity index (χ1v) is 22.4. The van der Waals surface area contributed by atoms with E-state index in [9.17, 15) is 13.2 Å². The SMILES string of the molecule is O=C(Nc1ccc(C(c2ccccc2)(c2ccccc2)c2ccccc2)cc1)c1cccc(S(=O)(=O)Nc2ccc(C(c3ccccc3)(c3ccccc3)c3ccccc3)cc2)c1. The molecule has 0 aliphatic rings. The van der Waals surface area contributed by atoms with Gasteiger partial charge in [-0.05, 0) is 87.0 Å². The third kappa shape index (κ3) is 7.85. The fourth-order valence-corrected chi connectivity index (χ4v) is 10.0. The fraction of sp³-hybridized carbons (Fsp3) is 0.0351. The Labute approximate surface area is 369 Å². The normalized spacial score (nSPS) is 11.7. The first-order valence-electron chi connectivity index (χ1n) is 20.9. The van der Waals surface area contributed by atoms with E-state index in [1.54, 1.807) is 24.3 Å². The van der Waals surface area contributed by atoms with E-state index in [1.807, 2.05) is 109 Å². The molecule has 6 heteroatoms. The maximum absolute atomic E-state index is 13.9. The third-order valence-electron chi connectivity index (χ3n) is 11.8. The number of nitrogens with one attached hydrogen (secondary N) is 2. The highest BCUT2D eigenvalue weighted by molar-refractivity contribution is 7.92. The van der Waals surface area contributed by atoms with Gasteiger partial charge in [0.2, 0.25) is 0 Å². The monoisotopic (exact) mass is 836 g/mol. The lowest BCUT2D eigenvalue weighted by atomic mass is 9.65. The molecule has 0 aliphatic carbocycles. The molecule has 0 heterocycles. The third-order valence-corrected chi connectivity index (χ3v) is 13.2. The van der Waals surface area contributed by atoms with Crippen LogP contribution in [-0.2, 0) is 20.9 Å². The Hall–Kier alpha value is -7.80. The van der Waals surface area contributed by atoms with Gasteiger partial charge in [0.15, 0.2) is 0 Å². The zero-order chi connectivity index (χ0) is 43.1. The van der Waals surface area contributed by atoms with Crippen molar-refractivity contribution in [3.05, 3.63) is 305 Å². The summed E-state index contributed by atoms with van der Waals surface area (Å²) in [7, 11) is -4.08. The summed E-state index contributed by atoms with van der Waals surface area (Å²) in [4.78, 5) is 13.7. The molecule has 5 nitrogen and oxygen atoms in total. The Kier molecular flexibility index (Phi) is 11.4. The molecule has 0 spiro atoms. The molecule has 306 valence electrons. The van der Waals surface area contributed by atoms with Crippen LogP contribution >= 0.6 is 0 Å². The lowest BCUT2D eigenvalue weighted by Crippen LogP contribution is -2.31. The van der Waals surface area contributed by atoms with E-state index in [0.29, 0.717) is 11.4 Å². The number of rotatable bonds is 13.